The number of hydrogen-bond donors (Lipinski definition) is 2. The van der Waals surface area contributed by atoms with Crippen LogP contribution >= 0.6 is 0 Å². The lowest BCUT2D eigenvalue weighted by Crippen LogP contribution is -2.37. The molecule has 0 unspecified atom stereocenters. The van der Waals surface area contributed by atoms with E-state index in [0.29, 0.717) is 35.7 Å². The van der Waals surface area contributed by atoms with Crippen molar-refractivity contribution in [1.29, 1.82) is 0 Å². The Balaban J connectivity index is 1.63. The molecule has 2 N–H and O–H groups in total. The highest BCUT2D eigenvalue weighted by Gasteiger charge is 2.26. The van der Waals surface area contributed by atoms with Crippen LogP contribution in [0, 0.1) is 13.8 Å². The average Bonchev–Trinajstić information content (AvgIpc) is 2.99. The number of nitrogens with zero attached hydrogens (tertiary/aromatic N) is 1. The average molecular weight is 443 g/mol. The minimum atomic E-state index is -3.77. The molecule has 2 aromatic rings. The summed E-state index contributed by atoms with van der Waals surface area (Å²) in [4.78, 5) is 0.0421. The van der Waals surface area contributed by atoms with Crippen LogP contribution in [-0.2, 0) is 20.0 Å². The minimum Gasteiger partial charge on any atom is -0.466 e. The van der Waals surface area contributed by atoms with E-state index < -0.39 is 26.2 Å². The first-order chi connectivity index (χ1) is 13.6. The van der Waals surface area contributed by atoms with Crippen molar-refractivity contribution in [3.8, 4) is 0 Å². The van der Waals surface area contributed by atoms with Gasteiger partial charge < -0.3 is 9.52 Å². The maximum Gasteiger partial charge on any atom is 0.240 e. The van der Waals surface area contributed by atoms with Gasteiger partial charge in [0.25, 0.3) is 0 Å². The molecule has 3 rings (SSSR count). The SMILES string of the molecule is Cc1cc([C@@H](O)CCNS(=O)(=O)c2ccc(N3CCCCS3(=O)=O)cc2)c(C)o1. The fourth-order valence-corrected chi connectivity index (χ4v) is 6.11. The Morgan fingerprint density at radius 1 is 1.21 bits per heavy atom. The smallest absolute Gasteiger partial charge is 0.240 e. The molecule has 1 atom stereocenters. The number of benzene rings is 1. The number of aliphatic hydroxyl groups excluding tert-OH is 1. The van der Waals surface area contributed by atoms with Gasteiger partial charge in [-0.2, -0.15) is 0 Å². The Bertz CT molecular complexity index is 1060. The van der Waals surface area contributed by atoms with E-state index in [1.807, 2.05) is 0 Å². The van der Waals surface area contributed by atoms with Gasteiger partial charge in [-0.15, -0.1) is 0 Å². The summed E-state index contributed by atoms with van der Waals surface area (Å²) in [5.74, 6) is 1.40. The van der Waals surface area contributed by atoms with Gasteiger partial charge in [-0.1, -0.05) is 0 Å². The van der Waals surface area contributed by atoms with Crippen LogP contribution in [0.1, 0.15) is 42.5 Å². The fourth-order valence-electron chi connectivity index (χ4n) is 3.42. The van der Waals surface area contributed by atoms with Gasteiger partial charge >= 0.3 is 0 Å². The zero-order valence-electron chi connectivity index (χ0n) is 16.5. The number of nitrogens with one attached hydrogen (secondary N) is 1. The Labute approximate surface area is 171 Å². The van der Waals surface area contributed by atoms with Crippen molar-refractivity contribution in [3.05, 3.63) is 47.4 Å². The van der Waals surface area contributed by atoms with Gasteiger partial charge in [0.15, 0.2) is 0 Å². The summed E-state index contributed by atoms with van der Waals surface area (Å²) in [7, 11) is -7.12. The van der Waals surface area contributed by atoms with Crippen molar-refractivity contribution < 1.29 is 26.4 Å². The highest BCUT2D eigenvalue weighted by atomic mass is 32.2. The van der Waals surface area contributed by atoms with E-state index in [-0.39, 0.29) is 23.6 Å². The van der Waals surface area contributed by atoms with Crippen LogP contribution in [0.4, 0.5) is 5.69 Å². The first-order valence-corrected chi connectivity index (χ1v) is 12.5. The second-order valence-electron chi connectivity index (χ2n) is 7.16. The molecule has 1 aliphatic heterocycles. The number of hydrogen-bond acceptors (Lipinski definition) is 6. The largest absolute Gasteiger partial charge is 0.466 e. The summed E-state index contributed by atoms with van der Waals surface area (Å²) in [6.45, 7) is 3.98. The van der Waals surface area contributed by atoms with Crippen molar-refractivity contribution in [2.24, 2.45) is 0 Å². The lowest BCUT2D eigenvalue weighted by atomic mass is 10.1. The summed E-state index contributed by atoms with van der Waals surface area (Å²) in [5, 5.41) is 10.3. The molecule has 1 aromatic heterocycles. The monoisotopic (exact) mass is 442 g/mol. The molecular formula is C19H26N2O6S2. The zero-order chi connectivity index (χ0) is 21.2. The van der Waals surface area contributed by atoms with E-state index in [9.17, 15) is 21.9 Å². The van der Waals surface area contributed by atoms with Crippen LogP contribution in [0.3, 0.4) is 0 Å². The van der Waals surface area contributed by atoms with Gasteiger partial charge in [0.2, 0.25) is 20.0 Å². The predicted octanol–water partition coefficient (Wildman–Crippen LogP) is 2.23. The molecule has 0 amide bonds. The molecule has 1 aromatic carbocycles. The molecular weight excluding hydrogens is 416 g/mol. The molecule has 0 aliphatic carbocycles. The van der Waals surface area contributed by atoms with Crippen molar-refractivity contribution >= 4 is 25.7 Å². The lowest BCUT2D eigenvalue weighted by Gasteiger charge is -2.28. The molecule has 1 fully saturated rings. The standard InChI is InChI=1S/C19H26N2O6S2/c1-14-13-18(15(2)27-14)19(22)9-10-20-29(25,26)17-7-5-16(6-8-17)21-11-3-4-12-28(21,23)24/h5-8,13,19-20,22H,3-4,9-12H2,1-2H3/t19-/m0/s1. The van der Waals surface area contributed by atoms with Crippen LogP contribution in [0.25, 0.3) is 0 Å². The molecule has 0 spiro atoms. The van der Waals surface area contributed by atoms with Crippen LogP contribution in [-0.4, -0.2) is 40.8 Å². The fraction of sp³-hybridized carbons (Fsp3) is 0.474. The second kappa shape index (κ2) is 8.47. The van der Waals surface area contributed by atoms with E-state index >= 15 is 0 Å². The highest BCUT2D eigenvalue weighted by molar-refractivity contribution is 7.92. The van der Waals surface area contributed by atoms with E-state index in [1.165, 1.54) is 28.6 Å². The van der Waals surface area contributed by atoms with E-state index in [2.05, 4.69) is 4.72 Å². The van der Waals surface area contributed by atoms with Gasteiger partial charge in [-0.3, -0.25) is 4.31 Å². The van der Waals surface area contributed by atoms with Crippen molar-refractivity contribution in [2.75, 3.05) is 23.1 Å². The summed E-state index contributed by atoms with van der Waals surface area (Å²) < 4.78 is 58.5. The van der Waals surface area contributed by atoms with Crippen molar-refractivity contribution in [1.82, 2.24) is 4.72 Å². The number of aliphatic hydroxyl groups is 1. The molecule has 0 saturated carbocycles. The predicted molar refractivity (Wildman–Crippen MR) is 110 cm³/mol. The third kappa shape index (κ3) is 5.00. The number of furan rings is 1. The molecule has 0 bridgehead atoms. The summed E-state index contributed by atoms with van der Waals surface area (Å²) in [6, 6.07) is 7.53. The van der Waals surface area contributed by atoms with E-state index in [0.717, 1.165) is 6.42 Å². The third-order valence-corrected chi connectivity index (χ3v) is 8.28. The quantitative estimate of drug-likeness (QED) is 0.679. The van der Waals surface area contributed by atoms with Crippen LogP contribution in [0.5, 0.6) is 0 Å². The Morgan fingerprint density at radius 2 is 1.90 bits per heavy atom. The summed E-state index contributed by atoms with van der Waals surface area (Å²) in [6.07, 6.45) is 0.780. The Kier molecular flexibility index (Phi) is 6.37. The topological polar surface area (TPSA) is 117 Å². The zero-order valence-corrected chi connectivity index (χ0v) is 18.1. The minimum absolute atomic E-state index is 0.0421. The summed E-state index contributed by atoms with van der Waals surface area (Å²) >= 11 is 0. The number of aryl methyl sites for hydroxylation is 2. The summed E-state index contributed by atoms with van der Waals surface area (Å²) in [5.41, 5.74) is 1.11. The van der Waals surface area contributed by atoms with E-state index in [1.54, 1.807) is 19.9 Å². The molecule has 0 radical (unpaired) electrons. The maximum atomic E-state index is 12.5. The third-order valence-electron chi connectivity index (χ3n) is 4.93. The van der Waals surface area contributed by atoms with Crippen LogP contribution in [0.15, 0.2) is 39.6 Å². The number of sulfonamides is 2. The van der Waals surface area contributed by atoms with Crippen LogP contribution in [0.2, 0.25) is 0 Å². The van der Waals surface area contributed by atoms with Crippen LogP contribution < -0.4 is 9.03 Å². The molecule has 29 heavy (non-hydrogen) atoms. The van der Waals surface area contributed by atoms with Gasteiger partial charge in [-0.25, -0.2) is 21.6 Å². The Morgan fingerprint density at radius 3 is 2.48 bits per heavy atom. The first kappa shape index (κ1) is 21.8. The normalized spacial score (nSPS) is 18.0. The van der Waals surface area contributed by atoms with Gasteiger partial charge in [0.1, 0.15) is 11.5 Å². The maximum absolute atomic E-state index is 12.5. The molecule has 2 heterocycles. The first-order valence-electron chi connectivity index (χ1n) is 9.45. The molecule has 8 nitrogen and oxygen atoms in total. The van der Waals surface area contributed by atoms with Crippen molar-refractivity contribution in [3.63, 3.8) is 0 Å². The van der Waals surface area contributed by atoms with Gasteiger partial charge in [-0.05, 0) is 63.4 Å². The molecule has 10 heteroatoms. The highest BCUT2D eigenvalue weighted by Crippen LogP contribution is 2.26. The second-order valence-corrected chi connectivity index (χ2v) is 10.9. The van der Waals surface area contributed by atoms with Gasteiger partial charge in [0.05, 0.1) is 22.4 Å². The van der Waals surface area contributed by atoms with E-state index in [4.69, 9.17) is 4.42 Å². The molecule has 160 valence electrons. The lowest BCUT2D eigenvalue weighted by molar-refractivity contribution is 0.167. The van der Waals surface area contributed by atoms with Gasteiger partial charge in [0, 0.05) is 18.7 Å². The molecule has 1 saturated heterocycles. The molecule has 1 aliphatic rings. The number of rotatable bonds is 7. The number of anilines is 1. The van der Waals surface area contributed by atoms with Crippen molar-refractivity contribution in [2.45, 2.75) is 44.1 Å². The Hall–Kier alpha value is -1.88.